The van der Waals surface area contributed by atoms with Crippen LogP contribution in [0.25, 0.3) is 0 Å². The van der Waals surface area contributed by atoms with Crippen molar-refractivity contribution < 1.29 is 14.7 Å². The summed E-state index contributed by atoms with van der Waals surface area (Å²) < 4.78 is 0. The predicted octanol–water partition coefficient (Wildman–Crippen LogP) is 1.48. The molecule has 0 aromatic carbocycles. The maximum absolute atomic E-state index is 12.0. The fraction of sp³-hybridized carbons (Fsp3) is 0.867. The fourth-order valence-corrected chi connectivity index (χ4v) is 3.56. The minimum atomic E-state index is -0.781. The van der Waals surface area contributed by atoms with Crippen molar-refractivity contribution >= 4 is 11.9 Å². The highest BCUT2D eigenvalue weighted by molar-refractivity contribution is 5.80. The van der Waals surface area contributed by atoms with Crippen molar-refractivity contribution in [2.75, 3.05) is 13.1 Å². The highest BCUT2D eigenvalue weighted by atomic mass is 16.4. The summed E-state index contributed by atoms with van der Waals surface area (Å²) in [5.41, 5.74) is 0. The Bertz CT molecular complexity index is 370. The first-order chi connectivity index (χ1) is 9.49. The second-order valence-corrected chi connectivity index (χ2v) is 6.57. The standard InChI is InChI=1S/C15H26N2O3/c1-10(2)8-16-14(18)9-17-12-6-4-3-5-11(12)7-13(17)15(19)20/h10-13H,3-9H2,1-2H3,(H,16,18)(H,19,20). The van der Waals surface area contributed by atoms with Gasteiger partial charge in [0.15, 0.2) is 0 Å². The van der Waals surface area contributed by atoms with E-state index < -0.39 is 12.0 Å². The van der Waals surface area contributed by atoms with Gasteiger partial charge in [-0.1, -0.05) is 26.7 Å². The summed E-state index contributed by atoms with van der Waals surface area (Å²) in [5, 5.41) is 12.3. The Morgan fingerprint density at radius 1 is 1.30 bits per heavy atom. The predicted molar refractivity (Wildman–Crippen MR) is 76.3 cm³/mol. The van der Waals surface area contributed by atoms with Crippen molar-refractivity contribution in [1.82, 2.24) is 10.2 Å². The smallest absolute Gasteiger partial charge is 0.320 e. The van der Waals surface area contributed by atoms with Gasteiger partial charge in [0.05, 0.1) is 6.54 Å². The van der Waals surface area contributed by atoms with Crippen LogP contribution in [0.4, 0.5) is 0 Å². The molecule has 3 atom stereocenters. The van der Waals surface area contributed by atoms with Gasteiger partial charge in [-0.15, -0.1) is 0 Å². The molecule has 3 unspecified atom stereocenters. The van der Waals surface area contributed by atoms with Gasteiger partial charge in [0, 0.05) is 12.6 Å². The number of hydrogen-bond donors (Lipinski definition) is 2. The summed E-state index contributed by atoms with van der Waals surface area (Å²) in [6.45, 7) is 4.98. The number of aliphatic carboxylic acids is 1. The van der Waals surface area contributed by atoms with E-state index in [1.54, 1.807) is 0 Å². The van der Waals surface area contributed by atoms with Crippen LogP contribution in [-0.4, -0.2) is 47.1 Å². The Morgan fingerprint density at radius 3 is 2.65 bits per heavy atom. The Labute approximate surface area is 120 Å². The van der Waals surface area contributed by atoms with Gasteiger partial charge in [-0.25, -0.2) is 0 Å². The van der Waals surface area contributed by atoms with Crippen molar-refractivity contribution in [3.63, 3.8) is 0 Å². The first-order valence-corrected chi connectivity index (χ1v) is 7.74. The molecule has 114 valence electrons. The number of rotatable bonds is 5. The first-order valence-electron chi connectivity index (χ1n) is 7.74. The van der Waals surface area contributed by atoms with Gasteiger partial charge in [0.1, 0.15) is 6.04 Å². The Kier molecular flexibility index (Phi) is 5.02. The van der Waals surface area contributed by atoms with Crippen LogP contribution in [0.15, 0.2) is 0 Å². The zero-order chi connectivity index (χ0) is 14.7. The van der Waals surface area contributed by atoms with Crippen LogP contribution in [0.3, 0.4) is 0 Å². The van der Waals surface area contributed by atoms with E-state index in [9.17, 15) is 14.7 Å². The van der Waals surface area contributed by atoms with Crippen LogP contribution in [0.1, 0.15) is 46.0 Å². The number of amides is 1. The van der Waals surface area contributed by atoms with Crippen LogP contribution < -0.4 is 5.32 Å². The SMILES string of the molecule is CC(C)CNC(=O)CN1C(C(=O)O)CC2CCCCC21. The van der Waals surface area contributed by atoms with Crippen LogP contribution in [0.2, 0.25) is 0 Å². The third-order valence-corrected chi connectivity index (χ3v) is 4.54. The minimum absolute atomic E-state index is 0.0452. The van der Waals surface area contributed by atoms with E-state index in [1.807, 2.05) is 18.7 Å². The van der Waals surface area contributed by atoms with Crippen LogP contribution >= 0.6 is 0 Å². The molecule has 2 fully saturated rings. The van der Waals surface area contributed by atoms with Crippen molar-refractivity contribution in [2.45, 2.75) is 58.0 Å². The molecule has 0 radical (unpaired) electrons. The Hall–Kier alpha value is -1.10. The molecular formula is C15H26N2O3. The molecule has 5 nitrogen and oxygen atoms in total. The summed E-state index contributed by atoms with van der Waals surface area (Å²) >= 11 is 0. The molecule has 20 heavy (non-hydrogen) atoms. The van der Waals surface area contributed by atoms with E-state index >= 15 is 0 Å². The lowest BCUT2D eigenvalue weighted by Crippen LogP contribution is -2.48. The van der Waals surface area contributed by atoms with E-state index in [0.717, 1.165) is 19.3 Å². The highest BCUT2D eigenvalue weighted by Gasteiger charge is 2.45. The number of nitrogens with one attached hydrogen (secondary N) is 1. The maximum atomic E-state index is 12.0. The maximum Gasteiger partial charge on any atom is 0.320 e. The van der Waals surface area contributed by atoms with Crippen LogP contribution in [-0.2, 0) is 9.59 Å². The quantitative estimate of drug-likeness (QED) is 0.801. The molecule has 0 aromatic rings. The number of carbonyl (C=O) groups is 2. The van der Waals surface area contributed by atoms with Gasteiger partial charge in [-0.3, -0.25) is 14.5 Å². The minimum Gasteiger partial charge on any atom is -0.480 e. The van der Waals surface area contributed by atoms with E-state index in [2.05, 4.69) is 5.32 Å². The summed E-state index contributed by atoms with van der Waals surface area (Å²) in [7, 11) is 0. The number of hydrogen-bond acceptors (Lipinski definition) is 3. The van der Waals surface area contributed by atoms with Gasteiger partial charge >= 0.3 is 5.97 Å². The molecule has 5 heteroatoms. The van der Waals surface area contributed by atoms with E-state index in [0.29, 0.717) is 24.8 Å². The second kappa shape index (κ2) is 6.57. The molecule has 1 heterocycles. The lowest BCUT2D eigenvalue weighted by molar-refractivity contribution is -0.143. The number of carboxylic acid groups (broad SMARTS) is 1. The molecule has 2 aliphatic rings. The topological polar surface area (TPSA) is 69.6 Å². The third-order valence-electron chi connectivity index (χ3n) is 4.54. The van der Waals surface area contributed by atoms with Crippen LogP contribution in [0.5, 0.6) is 0 Å². The lowest BCUT2D eigenvalue weighted by Gasteiger charge is -2.32. The molecule has 2 N–H and O–H groups in total. The van der Waals surface area contributed by atoms with Gasteiger partial charge in [0.25, 0.3) is 0 Å². The lowest BCUT2D eigenvalue weighted by atomic mass is 9.85. The van der Waals surface area contributed by atoms with Gasteiger partial charge in [0.2, 0.25) is 5.91 Å². The Morgan fingerprint density at radius 2 is 2.00 bits per heavy atom. The fourth-order valence-electron chi connectivity index (χ4n) is 3.56. The molecule has 1 amide bonds. The van der Waals surface area contributed by atoms with E-state index in [4.69, 9.17) is 0 Å². The molecule has 1 aliphatic heterocycles. The number of carboxylic acids is 1. The molecule has 0 bridgehead atoms. The largest absolute Gasteiger partial charge is 0.480 e. The molecule has 1 saturated heterocycles. The molecule has 1 saturated carbocycles. The molecule has 2 rings (SSSR count). The average Bonchev–Trinajstić information content (AvgIpc) is 2.76. The van der Waals surface area contributed by atoms with E-state index in [1.165, 1.54) is 6.42 Å². The van der Waals surface area contributed by atoms with Crippen LogP contribution in [0, 0.1) is 11.8 Å². The van der Waals surface area contributed by atoms with Crippen molar-refractivity contribution in [1.29, 1.82) is 0 Å². The summed E-state index contributed by atoms with van der Waals surface area (Å²) in [6.07, 6.45) is 5.19. The zero-order valence-electron chi connectivity index (χ0n) is 12.5. The third kappa shape index (κ3) is 3.51. The van der Waals surface area contributed by atoms with Crippen molar-refractivity contribution in [3.8, 4) is 0 Å². The molecule has 0 spiro atoms. The monoisotopic (exact) mass is 282 g/mol. The second-order valence-electron chi connectivity index (χ2n) is 6.57. The number of carbonyl (C=O) groups excluding carboxylic acids is 1. The van der Waals surface area contributed by atoms with E-state index in [-0.39, 0.29) is 18.5 Å². The number of fused-ring (bicyclic) bond motifs is 1. The summed E-state index contributed by atoms with van der Waals surface area (Å²) in [6, 6.07) is -0.192. The Balaban J connectivity index is 1.98. The number of nitrogens with zero attached hydrogens (tertiary/aromatic N) is 1. The average molecular weight is 282 g/mol. The molecule has 1 aliphatic carbocycles. The van der Waals surface area contributed by atoms with Crippen molar-refractivity contribution in [3.05, 3.63) is 0 Å². The van der Waals surface area contributed by atoms with Crippen molar-refractivity contribution in [2.24, 2.45) is 11.8 Å². The highest BCUT2D eigenvalue weighted by Crippen LogP contribution is 2.39. The first kappa shape index (κ1) is 15.3. The van der Waals surface area contributed by atoms with Gasteiger partial charge < -0.3 is 10.4 Å². The normalized spacial score (nSPS) is 30.2. The molecular weight excluding hydrogens is 256 g/mol. The summed E-state index contributed by atoms with van der Waals surface area (Å²) in [4.78, 5) is 25.4. The zero-order valence-corrected chi connectivity index (χ0v) is 12.5. The summed E-state index contributed by atoms with van der Waals surface area (Å²) in [5.74, 6) is 0.0465. The van der Waals surface area contributed by atoms with Gasteiger partial charge in [-0.05, 0) is 31.1 Å². The number of likely N-dealkylation sites (tertiary alicyclic amines) is 1. The van der Waals surface area contributed by atoms with Gasteiger partial charge in [-0.2, -0.15) is 0 Å². The molecule has 0 aromatic heterocycles.